The van der Waals surface area contributed by atoms with Gasteiger partial charge in [-0.25, -0.2) is 19.4 Å². The Kier molecular flexibility index (Phi) is 13.9. The third-order valence-electron chi connectivity index (χ3n) is 3.66. The van der Waals surface area contributed by atoms with Crippen molar-refractivity contribution in [2.24, 2.45) is 0 Å². The summed E-state index contributed by atoms with van der Waals surface area (Å²) in [5.74, 6) is -5.80. The van der Waals surface area contributed by atoms with Crippen LogP contribution in [0.25, 0.3) is 0 Å². The van der Waals surface area contributed by atoms with Crippen LogP contribution in [0, 0.1) is 0 Å². The van der Waals surface area contributed by atoms with E-state index in [1.165, 1.54) is 6.92 Å². The average molecular weight is 432 g/mol. The summed E-state index contributed by atoms with van der Waals surface area (Å²) in [6.45, 7) is 6.29. The van der Waals surface area contributed by atoms with Crippen LogP contribution >= 0.6 is 0 Å². The van der Waals surface area contributed by atoms with Crippen molar-refractivity contribution in [2.45, 2.75) is 97.9 Å². The van der Waals surface area contributed by atoms with E-state index in [9.17, 15) is 24.0 Å². The van der Waals surface area contributed by atoms with Crippen molar-refractivity contribution < 1.29 is 48.0 Å². The molecule has 1 atom stereocenters. The number of carbonyl (C=O) groups is 5. The van der Waals surface area contributed by atoms with E-state index < -0.39 is 35.8 Å². The fourth-order valence-electron chi connectivity index (χ4n) is 2.22. The molecule has 0 heterocycles. The molecule has 0 bridgehead atoms. The molecule has 0 N–H and O–H groups in total. The second-order valence-electron chi connectivity index (χ2n) is 6.55. The zero-order valence-electron chi connectivity index (χ0n) is 18.2. The van der Waals surface area contributed by atoms with Crippen LogP contribution in [0.2, 0.25) is 0 Å². The highest BCUT2D eigenvalue weighted by Crippen LogP contribution is 2.26. The van der Waals surface area contributed by atoms with E-state index in [1.54, 1.807) is 6.92 Å². The smallest absolute Gasteiger partial charge is 0.388 e. The lowest BCUT2D eigenvalue weighted by atomic mass is 10.1. The molecule has 0 saturated carbocycles. The van der Waals surface area contributed by atoms with Crippen LogP contribution in [0.1, 0.15) is 91.9 Å². The van der Waals surface area contributed by atoms with Gasteiger partial charge in [0.25, 0.3) is 0 Å². The van der Waals surface area contributed by atoms with Crippen molar-refractivity contribution in [2.75, 3.05) is 0 Å². The molecule has 10 heteroatoms. The molecule has 0 rings (SSSR count). The first-order valence-electron chi connectivity index (χ1n) is 10.2. The highest BCUT2D eigenvalue weighted by Gasteiger charge is 2.42. The van der Waals surface area contributed by atoms with E-state index in [0.717, 1.165) is 13.3 Å². The minimum atomic E-state index is -2.19. The van der Waals surface area contributed by atoms with Gasteiger partial charge in [-0.1, -0.05) is 27.2 Å². The Morgan fingerprint density at radius 1 is 0.633 bits per heavy atom. The SMILES string of the molecule is CCCCC(=O)OOC(=O)CCCCC(OC(C)=O)(OC(=O)CC)OC(=O)CCC. The number of ether oxygens (including phenoxy) is 3. The maximum absolute atomic E-state index is 11.9. The van der Waals surface area contributed by atoms with Crippen LogP contribution in [0.15, 0.2) is 0 Å². The molecule has 30 heavy (non-hydrogen) atoms. The van der Waals surface area contributed by atoms with Gasteiger partial charge in [0.15, 0.2) is 0 Å². The molecule has 0 aliphatic carbocycles. The zero-order valence-corrected chi connectivity index (χ0v) is 18.2. The van der Waals surface area contributed by atoms with Gasteiger partial charge in [-0.2, -0.15) is 0 Å². The lowest BCUT2D eigenvalue weighted by molar-refractivity contribution is -0.332. The second-order valence-corrected chi connectivity index (χ2v) is 6.55. The normalized spacial score (nSPS) is 12.3. The van der Waals surface area contributed by atoms with Crippen LogP contribution < -0.4 is 0 Å². The number of unbranched alkanes of at least 4 members (excludes halogenated alkanes) is 2. The van der Waals surface area contributed by atoms with E-state index in [0.29, 0.717) is 12.8 Å². The largest absolute Gasteiger partial charge is 0.423 e. The summed E-state index contributed by atoms with van der Waals surface area (Å²) in [6, 6.07) is 0. The number of hydrogen-bond acceptors (Lipinski definition) is 10. The van der Waals surface area contributed by atoms with Gasteiger partial charge in [0.2, 0.25) is 0 Å². The predicted octanol–water partition coefficient (Wildman–Crippen LogP) is 3.25. The summed E-state index contributed by atoms with van der Waals surface area (Å²) >= 11 is 0. The molecular formula is C20H32O10. The van der Waals surface area contributed by atoms with Crippen molar-refractivity contribution in [3.8, 4) is 0 Å². The lowest BCUT2D eigenvalue weighted by Crippen LogP contribution is -2.44. The summed E-state index contributed by atoms with van der Waals surface area (Å²) in [5.41, 5.74) is 0. The molecule has 0 fully saturated rings. The van der Waals surface area contributed by atoms with Crippen molar-refractivity contribution in [3.63, 3.8) is 0 Å². The Balaban J connectivity index is 4.79. The number of rotatable bonds is 14. The minimum Gasteiger partial charge on any atom is -0.388 e. The second kappa shape index (κ2) is 15.2. The third-order valence-corrected chi connectivity index (χ3v) is 3.66. The van der Waals surface area contributed by atoms with Crippen LogP contribution in [0.4, 0.5) is 0 Å². The van der Waals surface area contributed by atoms with Crippen LogP contribution in [-0.2, 0) is 48.0 Å². The van der Waals surface area contributed by atoms with Gasteiger partial charge in [0.05, 0.1) is 19.3 Å². The third kappa shape index (κ3) is 12.7. The molecule has 0 aromatic rings. The summed E-state index contributed by atoms with van der Waals surface area (Å²) in [5, 5.41) is 0. The Labute approximate surface area is 176 Å². The Morgan fingerprint density at radius 3 is 1.70 bits per heavy atom. The molecule has 1 unspecified atom stereocenters. The highest BCUT2D eigenvalue weighted by atomic mass is 17.2. The first-order valence-corrected chi connectivity index (χ1v) is 10.2. The number of carbonyl (C=O) groups excluding carboxylic acids is 5. The van der Waals surface area contributed by atoms with Crippen LogP contribution in [0.5, 0.6) is 0 Å². The molecule has 0 radical (unpaired) electrons. The van der Waals surface area contributed by atoms with Crippen molar-refractivity contribution in [3.05, 3.63) is 0 Å². The molecule has 0 spiro atoms. The quantitative estimate of drug-likeness (QED) is 0.132. The van der Waals surface area contributed by atoms with Crippen LogP contribution in [-0.4, -0.2) is 35.8 Å². The van der Waals surface area contributed by atoms with E-state index in [2.05, 4.69) is 9.78 Å². The molecule has 0 aliphatic heterocycles. The molecule has 0 amide bonds. The molecule has 0 saturated heterocycles. The van der Waals surface area contributed by atoms with Crippen molar-refractivity contribution >= 4 is 29.8 Å². The van der Waals surface area contributed by atoms with Gasteiger partial charge < -0.3 is 14.2 Å². The topological polar surface area (TPSA) is 132 Å². The number of esters is 3. The van der Waals surface area contributed by atoms with Crippen molar-refractivity contribution in [1.82, 2.24) is 0 Å². The van der Waals surface area contributed by atoms with E-state index in [-0.39, 0.29) is 44.9 Å². The maximum atomic E-state index is 11.9. The van der Waals surface area contributed by atoms with Crippen LogP contribution in [0.3, 0.4) is 0 Å². The van der Waals surface area contributed by atoms with Gasteiger partial charge in [-0.3, -0.25) is 14.4 Å². The van der Waals surface area contributed by atoms with E-state index >= 15 is 0 Å². The summed E-state index contributed by atoms with van der Waals surface area (Å²) in [4.78, 5) is 67.0. The monoisotopic (exact) mass is 432 g/mol. The first-order chi connectivity index (χ1) is 14.2. The zero-order chi connectivity index (χ0) is 23.0. The Bertz CT molecular complexity index is 586. The fraction of sp³-hybridized carbons (Fsp3) is 0.750. The average Bonchev–Trinajstić information content (AvgIpc) is 2.67. The Hall–Kier alpha value is -2.65. The van der Waals surface area contributed by atoms with Gasteiger partial charge in [-0.15, -0.1) is 0 Å². The van der Waals surface area contributed by atoms with Gasteiger partial charge in [0, 0.05) is 19.8 Å². The molecule has 0 aliphatic rings. The molecule has 10 nitrogen and oxygen atoms in total. The van der Waals surface area contributed by atoms with E-state index in [1.807, 2.05) is 6.92 Å². The van der Waals surface area contributed by atoms with E-state index in [4.69, 9.17) is 14.2 Å². The van der Waals surface area contributed by atoms with Gasteiger partial charge in [0.1, 0.15) is 0 Å². The van der Waals surface area contributed by atoms with Gasteiger partial charge >= 0.3 is 35.8 Å². The fourth-order valence-corrected chi connectivity index (χ4v) is 2.22. The molecular weight excluding hydrogens is 400 g/mol. The molecule has 172 valence electrons. The summed E-state index contributed by atoms with van der Waals surface area (Å²) in [7, 11) is 0. The standard InChI is InChI=1S/C20H32O10/c1-5-8-12-18(24)29-30-19(25)13-9-10-14-20(26-15(4)21,27-16(22)7-3)28-17(23)11-6-2/h5-14H2,1-4H3. The van der Waals surface area contributed by atoms with Gasteiger partial charge in [-0.05, 0) is 25.7 Å². The summed E-state index contributed by atoms with van der Waals surface area (Å²) < 4.78 is 15.3. The summed E-state index contributed by atoms with van der Waals surface area (Å²) in [6.07, 6.45) is 2.21. The Morgan fingerprint density at radius 2 is 1.20 bits per heavy atom. The molecule has 0 aromatic heterocycles. The molecule has 0 aromatic carbocycles. The number of hydrogen-bond donors (Lipinski definition) is 0. The maximum Gasteiger partial charge on any atom is 0.423 e. The highest BCUT2D eigenvalue weighted by molar-refractivity contribution is 5.73. The minimum absolute atomic E-state index is 0.0237. The lowest BCUT2D eigenvalue weighted by Gasteiger charge is -2.31. The first kappa shape index (κ1) is 27.4. The van der Waals surface area contributed by atoms with Crippen molar-refractivity contribution in [1.29, 1.82) is 0 Å². The predicted molar refractivity (Wildman–Crippen MR) is 102 cm³/mol.